The fourth-order valence-corrected chi connectivity index (χ4v) is 2.51. The lowest BCUT2D eigenvalue weighted by Gasteiger charge is -2.30. The molecule has 0 aliphatic carbocycles. The quantitative estimate of drug-likeness (QED) is 0.648. The topological polar surface area (TPSA) is 71.2 Å². The summed E-state index contributed by atoms with van der Waals surface area (Å²) in [6.45, 7) is 10.1. The molecule has 2 rings (SSSR count). The summed E-state index contributed by atoms with van der Waals surface area (Å²) < 4.78 is 0. The first-order valence-electron chi connectivity index (χ1n) is 7.59. The lowest BCUT2D eigenvalue weighted by Crippen LogP contribution is -2.38. The smallest absolute Gasteiger partial charge is 0.254 e. The number of nitrogens with one attached hydrogen (secondary N) is 1. The van der Waals surface area contributed by atoms with Gasteiger partial charge < -0.3 is 10.3 Å². The highest BCUT2D eigenvalue weighted by atomic mass is 16.2. The van der Waals surface area contributed by atoms with Crippen molar-refractivity contribution in [3.63, 3.8) is 0 Å². The minimum Gasteiger partial charge on any atom is -0.339 e. The summed E-state index contributed by atoms with van der Waals surface area (Å²) in [5.41, 5.74) is 3.97. The first-order chi connectivity index (χ1) is 9.81. The third-order valence-electron chi connectivity index (χ3n) is 4.06. The number of aromatic nitrogens is 1. The maximum atomic E-state index is 12.7. The van der Waals surface area contributed by atoms with E-state index in [2.05, 4.69) is 38.1 Å². The van der Waals surface area contributed by atoms with Crippen LogP contribution in [0, 0.1) is 5.92 Å². The van der Waals surface area contributed by atoms with Gasteiger partial charge in [0.05, 0.1) is 0 Å². The number of carbonyl (C=O) groups excluding carboxylic acids is 1. The van der Waals surface area contributed by atoms with Gasteiger partial charge in [-0.15, -0.1) is 0 Å². The molecule has 5 nitrogen and oxygen atoms in total. The molecule has 1 amide bonds. The number of anilines is 1. The van der Waals surface area contributed by atoms with Gasteiger partial charge in [-0.05, 0) is 30.9 Å². The number of hydrogen-bond donors (Lipinski definition) is 2. The summed E-state index contributed by atoms with van der Waals surface area (Å²) in [5.74, 6) is 6.81. The van der Waals surface area contributed by atoms with E-state index in [4.69, 9.17) is 5.84 Å². The molecule has 116 valence electrons. The number of rotatable bonds is 2. The van der Waals surface area contributed by atoms with Crippen molar-refractivity contribution in [1.82, 2.24) is 9.88 Å². The number of hydrazine groups is 1. The van der Waals surface area contributed by atoms with E-state index in [0.717, 1.165) is 31.6 Å². The molecule has 0 spiro atoms. The number of likely N-dealkylation sites (tertiary alicyclic amines) is 1. The molecule has 0 atom stereocenters. The second kappa shape index (κ2) is 6.02. The summed E-state index contributed by atoms with van der Waals surface area (Å²) in [6.07, 6.45) is 2.15. The lowest BCUT2D eigenvalue weighted by atomic mass is 9.90. The van der Waals surface area contributed by atoms with Crippen LogP contribution < -0.4 is 11.3 Å². The van der Waals surface area contributed by atoms with Gasteiger partial charge in [-0.1, -0.05) is 27.7 Å². The van der Waals surface area contributed by atoms with Gasteiger partial charge in [0.15, 0.2) is 0 Å². The van der Waals surface area contributed by atoms with Crippen LogP contribution in [0.3, 0.4) is 0 Å². The number of nitrogens with two attached hydrogens (primary N) is 1. The largest absolute Gasteiger partial charge is 0.339 e. The molecule has 1 aliphatic heterocycles. The van der Waals surface area contributed by atoms with Crippen molar-refractivity contribution in [2.24, 2.45) is 11.8 Å². The molecule has 21 heavy (non-hydrogen) atoms. The van der Waals surface area contributed by atoms with Crippen LogP contribution in [0.5, 0.6) is 0 Å². The van der Waals surface area contributed by atoms with E-state index in [9.17, 15) is 4.79 Å². The van der Waals surface area contributed by atoms with Gasteiger partial charge in [0.1, 0.15) is 5.82 Å². The average molecular weight is 290 g/mol. The van der Waals surface area contributed by atoms with Crippen LogP contribution in [-0.4, -0.2) is 28.9 Å². The summed E-state index contributed by atoms with van der Waals surface area (Å²) in [5, 5.41) is 0. The predicted molar refractivity (Wildman–Crippen MR) is 85.0 cm³/mol. The molecule has 3 N–H and O–H groups in total. The highest BCUT2D eigenvalue weighted by Gasteiger charge is 2.24. The zero-order chi connectivity index (χ0) is 15.6. The van der Waals surface area contributed by atoms with Crippen LogP contribution in [0.25, 0.3) is 0 Å². The Morgan fingerprint density at radius 2 is 1.95 bits per heavy atom. The molecule has 1 aromatic rings. The molecule has 0 bridgehead atoms. The van der Waals surface area contributed by atoms with E-state index in [-0.39, 0.29) is 11.3 Å². The number of nitrogens with zero attached hydrogens (tertiary/aromatic N) is 2. The standard InChI is InChI=1S/C16H26N4O/c1-11-5-7-20(8-6-11)15(21)12-9-13(16(2,3)4)18-14(10-12)19-17/h9-11H,5-8,17H2,1-4H3,(H,18,19). The van der Waals surface area contributed by atoms with E-state index in [0.29, 0.717) is 17.3 Å². The van der Waals surface area contributed by atoms with Crippen LogP contribution in [0.2, 0.25) is 0 Å². The second-order valence-corrected chi connectivity index (χ2v) is 7.00. The monoisotopic (exact) mass is 290 g/mol. The molecule has 0 saturated carbocycles. The summed E-state index contributed by atoms with van der Waals surface area (Å²) in [7, 11) is 0. The van der Waals surface area contributed by atoms with Crippen molar-refractivity contribution >= 4 is 11.7 Å². The summed E-state index contributed by atoms with van der Waals surface area (Å²) in [4.78, 5) is 19.1. The second-order valence-electron chi connectivity index (χ2n) is 7.00. The Balaban J connectivity index is 2.28. The number of pyridine rings is 1. The van der Waals surface area contributed by atoms with E-state index < -0.39 is 0 Å². The molecule has 1 saturated heterocycles. The van der Waals surface area contributed by atoms with E-state index in [1.807, 2.05) is 11.0 Å². The Morgan fingerprint density at radius 3 is 2.48 bits per heavy atom. The highest BCUT2D eigenvalue weighted by Crippen LogP contribution is 2.25. The van der Waals surface area contributed by atoms with E-state index in [1.165, 1.54) is 0 Å². The van der Waals surface area contributed by atoms with Gasteiger partial charge in [0.25, 0.3) is 5.91 Å². The van der Waals surface area contributed by atoms with Crippen molar-refractivity contribution in [3.05, 3.63) is 23.4 Å². The van der Waals surface area contributed by atoms with Crippen molar-refractivity contribution in [1.29, 1.82) is 0 Å². The Labute approximate surface area is 126 Å². The molecule has 5 heteroatoms. The molecule has 1 fully saturated rings. The molecular formula is C16H26N4O. The molecule has 0 aromatic carbocycles. The van der Waals surface area contributed by atoms with Gasteiger partial charge >= 0.3 is 0 Å². The highest BCUT2D eigenvalue weighted by molar-refractivity contribution is 5.95. The molecular weight excluding hydrogens is 264 g/mol. The van der Waals surface area contributed by atoms with E-state index >= 15 is 0 Å². The number of hydrogen-bond acceptors (Lipinski definition) is 4. The maximum Gasteiger partial charge on any atom is 0.254 e. The first kappa shape index (κ1) is 15.8. The van der Waals surface area contributed by atoms with Gasteiger partial charge in [-0.2, -0.15) is 0 Å². The Bertz CT molecular complexity index is 513. The van der Waals surface area contributed by atoms with Crippen molar-refractivity contribution < 1.29 is 4.79 Å². The third kappa shape index (κ3) is 3.73. The molecule has 0 radical (unpaired) electrons. The summed E-state index contributed by atoms with van der Waals surface area (Å²) in [6, 6.07) is 3.62. The molecule has 0 unspecified atom stereocenters. The van der Waals surface area contributed by atoms with E-state index in [1.54, 1.807) is 6.07 Å². The molecule has 1 aliphatic rings. The normalized spacial score (nSPS) is 16.9. The van der Waals surface area contributed by atoms with Gasteiger partial charge in [-0.3, -0.25) is 4.79 Å². The van der Waals surface area contributed by atoms with Crippen LogP contribution in [0.4, 0.5) is 5.82 Å². The maximum absolute atomic E-state index is 12.7. The van der Waals surface area contributed by atoms with Crippen molar-refractivity contribution in [2.45, 2.75) is 46.0 Å². The number of amides is 1. The predicted octanol–water partition coefficient (Wildman–Crippen LogP) is 2.54. The fraction of sp³-hybridized carbons (Fsp3) is 0.625. The Hall–Kier alpha value is -1.62. The van der Waals surface area contributed by atoms with Gasteiger partial charge in [-0.25, -0.2) is 10.8 Å². The average Bonchev–Trinajstić information content (AvgIpc) is 2.46. The number of carbonyl (C=O) groups is 1. The van der Waals surface area contributed by atoms with Gasteiger partial charge in [0.2, 0.25) is 0 Å². The van der Waals surface area contributed by atoms with Crippen LogP contribution in [0.15, 0.2) is 12.1 Å². The Morgan fingerprint density at radius 1 is 1.33 bits per heavy atom. The number of nitrogen functional groups attached to an aromatic ring is 1. The fourth-order valence-electron chi connectivity index (χ4n) is 2.51. The minimum atomic E-state index is -0.127. The van der Waals surface area contributed by atoms with Crippen LogP contribution in [0.1, 0.15) is 56.6 Å². The minimum absolute atomic E-state index is 0.0753. The third-order valence-corrected chi connectivity index (χ3v) is 4.06. The van der Waals surface area contributed by atoms with Crippen LogP contribution >= 0.6 is 0 Å². The van der Waals surface area contributed by atoms with Crippen LogP contribution in [-0.2, 0) is 5.41 Å². The zero-order valence-electron chi connectivity index (χ0n) is 13.4. The SMILES string of the molecule is CC1CCN(C(=O)c2cc(NN)nc(C(C)(C)C)c2)CC1. The lowest BCUT2D eigenvalue weighted by molar-refractivity contribution is 0.0697. The number of piperidine rings is 1. The Kier molecular flexibility index (Phi) is 4.52. The van der Waals surface area contributed by atoms with Crippen molar-refractivity contribution in [3.8, 4) is 0 Å². The molecule has 1 aromatic heterocycles. The first-order valence-corrected chi connectivity index (χ1v) is 7.59. The molecule has 2 heterocycles. The van der Waals surface area contributed by atoms with Crippen molar-refractivity contribution in [2.75, 3.05) is 18.5 Å². The zero-order valence-corrected chi connectivity index (χ0v) is 13.4. The summed E-state index contributed by atoms with van der Waals surface area (Å²) >= 11 is 0. The van der Waals surface area contributed by atoms with Gasteiger partial charge in [0, 0.05) is 29.8 Å².